The van der Waals surface area contributed by atoms with Crippen LogP contribution in [0.4, 0.5) is 4.39 Å². The summed E-state index contributed by atoms with van der Waals surface area (Å²) in [6.07, 6.45) is 2.29. The minimum atomic E-state index is -0.374. The number of carbonyl (C=O) groups excluding carboxylic acids is 1. The Morgan fingerprint density at radius 2 is 2.18 bits per heavy atom. The number of amides is 1. The standard InChI is InChI=1S/C17H22FNO3/c1-17(2,3)8-14(9-20)19-16(21)12-6-11-7-13(18)4-5-15(11)22-10-12/h4-7,14,20H,8-10H2,1-3H3,(H,19,21). The van der Waals surface area contributed by atoms with Crippen LogP contribution in [0, 0.1) is 11.2 Å². The third-order valence-corrected chi connectivity index (χ3v) is 3.39. The Morgan fingerprint density at radius 1 is 1.45 bits per heavy atom. The SMILES string of the molecule is CC(C)(C)CC(CO)NC(=O)C1=Cc2cc(F)ccc2OC1. The molecule has 4 nitrogen and oxygen atoms in total. The second-order valence-electron chi connectivity index (χ2n) is 6.76. The molecule has 0 spiro atoms. The molecule has 2 N–H and O–H groups in total. The van der Waals surface area contributed by atoms with Crippen molar-refractivity contribution >= 4 is 12.0 Å². The van der Waals surface area contributed by atoms with Crippen LogP contribution in [-0.4, -0.2) is 30.3 Å². The molecular weight excluding hydrogens is 285 g/mol. The molecule has 1 atom stereocenters. The van der Waals surface area contributed by atoms with E-state index in [1.165, 1.54) is 12.1 Å². The Bertz CT molecular complexity index is 590. The molecule has 0 aliphatic carbocycles. The van der Waals surface area contributed by atoms with Gasteiger partial charge in [-0.05, 0) is 36.1 Å². The number of benzene rings is 1. The largest absolute Gasteiger partial charge is 0.488 e. The van der Waals surface area contributed by atoms with Crippen LogP contribution in [0.25, 0.3) is 6.08 Å². The minimum Gasteiger partial charge on any atom is -0.488 e. The van der Waals surface area contributed by atoms with Crippen LogP contribution in [0.3, 0.4) is 0 Å². The van der Waals surface area contributed by atoms with Gasteiger partial charge in [0, 0.05) is 5.56 Å². The number of hydrogen-bond acceptors (Lipinski definition) is 3. The fourth-order valence-electron chi connectivity index (χ4n) is 2.46. The third kappa shape index (κ3) is 4.31. The predicted molar refractivity (Wildman–Crippen MR) is 83.0 cm³/mol. The molecule has 1 aliphatic rings. The molecular formula is C17H22FNO3. The van der Waals surface area contributed by atoms with E-state index in [2.05, 4.69) is 5.32 Å². The number of aliphatic hydroxyl groups excluding tert-OH is 1. The topological polar surface area (TPSA) is 58.6 Å². The van der Waals surface area contributed by atoms with Gasteiger partial charge in [-0.2, -0.15) is 0 Å². The van der Waals surface area contributed by atoms with Gasteiger partial charge in [0.25, 0.3) is 5.91 Å². The molecule has 120 valence electrons. The van der Waals surface area contributed by atoms with E-state index >= 15 is 0 Å². The van der Waals surface area contributed by atoms with E-state index in [0.29, 0.717) is 23.3 Å². The van der Waals surface area contributed by atoms with E-state index < -0.39 is 0 Å². The highest BCUT2D eigenvalue weighted by Crippen LogP contribution is 2.27. The van der Waals surface area contributed by atoms with Crippen molar-refractivity contribution < 1.29 is 19.0 Å². The lowest BCUT2D eigenvalue weighted by Crippen LogP contribution is -2.41. The van der Waals surface area contributed by atoms with Crippen LogP contribution in [0.5, 0.6) is 5.75 Å². The number of halogens is 1. The first-order chi connectivity index (χ1) is 10.3. The molecule has 1 aromatic carbocycles. The van der Waals surface area contributed by atoms with Gasteiger partial charge < -0.3 is 15.2 Å². The summed E-state index contributed by atoms with van der Waals surface area (Å²) in [6, 6.07) is 3.89. The van der Waals surface area contributed by atoms with Crippen molar-refractivity contribution in [3.8, 4) is 5.75 Å². The molecule has 5 heteroatoms. The average Bonchev–Trinajstić information content (AvgIpc) is 2.44. The predicted octanol–water partition coefficient (Wildman–Crippen LogP) is 2.51. The Morgan fingerprint density at radius 3 is 2.82 bits per heavy atom. The maximum absolute atomic E-state index is 13.3. The van der Waals surface area contributed by atoms with Crippen molar-refractivity contribution in [2.45, 2.75) is 33.2 Å². The van der Waals surface area contributed by atoms with Crippen LogP contribution >= 0.6 is 0 Å². The molecule has 1 aliphatic heterocycles. The number of aliphatic hydroxyl groups is 1. The monoisotopic (exact) mass is 307 g/mol. The van der Waals surface area contributed by atoms with Crippen molar-refractivity contribution in [1.29, 1.82) is 0 Å². The zero-order chi connectivity index (χ0) is 16.3. The zero-order valence-electron chi connectivity index (χ0n) is 13.1. The summed E-state index contributed by atoms with van der Waals surface area (Å²) >= 11 is 0. The summed E-state index contributed by atoms with van der Waals surface area (Å²) in [4.78, 5) is 12.3. The summed E-state index contributed by atoms with van der Waals surface area (Å²) < 4.78 is 18.7. The fourth-order valence-corrected chi connectivity index (χ4v) is 2.46. The van der Waals surface area contributed by atoms with Crippen molar-refractivity contribution in [3.63, 3.8) is 0 Å². The van der Waals surface area contributed by atoms with Crippen LogP contribution in [-0.2, 0) is 4.79 Å². The third-order valence-electron chi connectivity index (χ3n) is 3.39. The number of ether oxygens (including phenoxy) is 1. The number of fused-ring (bicyclic) bond motifs is 1. The summed E-state index contributed by atoms with van der Waals surface area (Å²) in [7, 11) is 0. The Hall–Kier alpha value is -1.88. The molecule has 0 bridgehead atoms. The quantitative estimate of drug-likeness (QED) is 0.898. The van der Waals surface area contributed by atoms with Gasteiger partial charge in [-0.25, -0.2) is 4.39 Å². The molecule has 0 saturated carbocycles. The van der Waals surface area contributed by atoms with Crippen molar-refractivity contribution in [2.24, 2.45) is 5.41 Å². The van der Waals surface area contributed by atoms with Crippen LogP contribution in [0.1, 0.15) is 32.8 Å². The van der Waals surface area contributed by atoms with E-state index in [0.717, 1.165) is 0 Å². The van der Waals surface area contributed by atoms with Gasteiger partial charge in [-0.15, -0.1) is 0 Å². The maximum Gasteiger partial charge on any atom is 0.250 e. The molecule has 1 aromatic rings. The van der Waals surface area contributed by atoms with Gasteiger partial charge in [0.1, 0.15) is 18.2 Å². The highest BCUT2D eigenvalue weighted by molar-refractivity contribution is 5.99. The Balaban J connectivity index is 2.10. The number of nitrogens with one attached hydrogen (secondary N) is 1. The average molecular weight is 307 g/mol. The first kappa shape index (κ1) is 16.5. The normalized spacial score (nSPS) is 15.4. The second-order valence-corrected chi connectivity index (χ2v) is 6.76. The number of carbonyl (C=O) groups is 1. The molecule has 0 radical (unpaired) electrons. The summed E-state index contributed by atoms with van der Waals surface area (Å²) in [5.74, 6) is -0.106. The van der Waals surface area contributed by atoms with Gasteiger partial charge in [-0.1, -0.05) is 20.8 Å². The molecule has 1 amide bonds. The smallest absolute Gasteiger partial charge is 0.250 e. The first-order valence-corrected chi connectivity index (χ1v) is 7.33. The Kier molecular flexibility index (Phi) is 4.86. The molecule has 22 heavy (non-hydrogen) atoms. The van der Waals surface area contributed by atoms with Crippen LogP contribution in [0.15, 0.2) is 23.8 Å². The lowest BCUT2D eigenvalue weighted by molar-refractivity contribution is -0.119. The van der Waals surface area contributed by atoms with Gasteiger partial charge in [0.2, 0.25) is 0 Å². The zero-order valence-corrected chi connectivity index (χ0v) is 13.1. The van der Waals surface area contributed by atoms with Crippen molar-refractivity contribution in [3.05, 3.63) is 35.2 Å². The number of rotatable bonds is 4. The molecule has 1 heterocycles. The molecule has 2 rings (SSSR count). The lowest BCUT2D eigenvalue weighted by Gasteiger charge is -2.26. The van der Waals surface area contributed by atoms with Gasteiger partial charge in [0.05, 0.1) is 18.2 Å². The molecule has 0 fully saturated rings. The van der Waals surface area contributed by atoms with Crippen molar-refractivity contribution in [2.75, 3.05) is 13.2 Å². The fraction of sp³-hybridized carbons (Fsp3) is 0.471. The minimum absolute atomic E-state index is 0.00610. The lowest BCUT2D eigenvalue weighted by atomic mass is 9.88. The van der Waals surface area contributed by atoms with E-state index in [4.69, 9.17) is 4.74 Å². The van der Waals surface area contributed by atoms with E-state index in [1.807, 2.05) is 20.8 Å². The van der Waals surface area contributed by atoms with Crippen molar-refractivity contribution in [1.82, 2.24) is 5.32 Å². The Labute approximate surface area is 130 Å². The molecule has 0 aromatic heterocycles. The molecule has 0 saturated heterocycles. The van der Waals surface area contributed by atoms with Gasteiger partial charge >= 0.3 is 0 Å². The van der Waals surface area contributed by atoms with E-state index in [1.54, 1.807) is 12.1 Å². The van der Waals surface area contributed by atoms with E-state index in [-0.39, 0.29) is 36.4 Å². The van der Waals surface area contributed by atoms with E-state index in [9.17, 15) is 14.3 Å². The maximum atomic E-state index is 13.3. The van der Waals surface area contributed by atoms with Crippen LogP contribution in [0.2, 0.25) is 0 Å². The summed E-state index contributed by atoms with van der Waals surface area (Å²) in [5, 5.41) is 12.2. The van der Waals surface area contributed by atoms with Gasteiger partial charge in [0.15, 0.2) is 0 Å². The second kappa shape index (κ2) is 6.48. The molecule has 1 unspecified atom stereocenters. The summed E-state index contributed by atoms with van der Waals surface area (Å²) in [6.45, 7) is 6.15. The summed E-state index contributed by atoms with van der Waals surface area (Å²) in [5.41, 5.74) is 0.964. The first-order valence-electron chi connectivity index (χ1n) is 7.33. The van der Waals surface area contributed by atoms with Crippen LogP contribution < -0.4 is 10.1 Å². The number of hydrogen-bond donors (Lipinski definition) is 2. The highest BCUT2D eigenvalue weighted by Gasteiger charge is 2.23. The highest BCUT2D eigenvalue weighted by atomic mass is 19.1. The van der Waals surface area contributed by atoms with Gasteiger partial charge in [-0.3, -0.25) is 4.79 Å².